The van der Waals surface area contributed by atoms with Crippen LogP contribution in [0.15, 0.2) is 81.7 Å². The number of hydrogen-bond acceptors (Lipinski definition) is 8. The molecule has 0 saturated heterocycles. The molecule has 4 aromatic rings. The molecule has 0 bridgehead atoms. The maximum absolute atomic E-state index is 14.3. The lowest BCUT2D eigenvalue weighted by Crippen LogP contribution is -2.39. The first-order valence-corrected chi connectivity index (χ1v) is 14.5. The Hall–Kier alpha value is -4.41. The van der Waals surface area contributed by atoms with Gasteiger partial charge in [0.05, 0.1) is 47.7 Å². The highest BCUT2D eigenvalue weighted by atomic mass is 35.5. The molecule has 1 aliphatic heterocycles. The standard InChI is InChI=1S/C32H28ClFN2O6S/c1-5-41-31(38)28-18(2)35-32-36(29(28)20-10-12-21(39-3)13-11-20)30(37)27(43-32)16-19-9-14-25(40-4)26(15-19)42-17-22-23(33)7-6-8-24(22)34/h6-16,29H,5,17H2,1-4H3/b27-16+/t29-/m0/s1. The van der Waals surface area contributed by atoms with E-state index in [0.29, 0.717) is 43.4 Å². The summed E-state index contributed by atoms with van der Waals surface area (Å²) < 4.78 is 38.2. The Labute approximate surface area is 255 Å². The topological polar surface area (TPSA) is 88.4 Å². The van der Waals surface area contributed by atoms with Gasteiger partial charge in [-0.05, 0) is 67.4 Å². The Bertz CT molecular complexity index is 1880. The third-order valence-corrected chi connectivity index (χ3v) is 8.20. The number of rotatable bonds is 9. The van der Waals surface area contributed by atoms with Gasteiger partial charge >= 0.3 is 5.97 Å². The number of ether oxygens (including phenoxy) is 4. The molecule has 0 fully saturated rings. The van der Waals surface area contributed by atoms with Gasteiger partial charge in [-0.3, -0.25) is 9.36 Å². The van der Waals surface area contributed by atoms with Crippen molar-refractivity contribution in [1.29, 1.82) is 0 Å². The summed E-state index contributed by atoms with van der Waals surface area (Å²) in [6, 6.07) is 16.0. The first-order chi connectivity index (χ1) is 20.7. The van der Waals surface area contributed by atoms with E-state index in [1.807, 2.05) is 12.1 Å². The summed E-state index contributed by atoms with van der Waals surface area (Å²) in [7, 11) is 3.07. The summed E-state index contributed by atoms with van der Waals surface area (Å²) >= 11 is 7.37. The molecule has 1 aliphatic rings. The molecule has 11 heteroatoms. The quantitative estimate of drug-likeness (QED) is 0.239. The molecule has 0 amide bonds. The minimum absolute atomic E-state index is 0.120. The van der Waals surface area contributed by atoms with E-state index in [0.717, 1.165) is 0 Å². The zero-order chi connectivity index (χ0) is 30.7. The van der Waals surface area contributed by atoms with Gasteiger partial charge in [0.25, 0.3) is 5.56 Å². The second-order valence-corrected chi connectivity index (χ2v) is 10.9. The number of allylic oxidation sites excluding steroid dienone is 1. The maximum atomic E-state index is 14.3. The number of aromatic nitrogens is 1. The number of halogens is 2. The zero-order valence-corrected chi connectivity index (χ0v) is 25.4. The summed E-state index contributed by atoms with van der Waals surface area (Å²) in [4.78, 5) is 32.1. The molecular formula is C32H28ClFN2O6S. The third kappa shape index (κ3) is 6.07. The van der Waals surface area contributed by atoms with Crippen LogP contribution in [0.25, 0.3) is 6.08 Å². The van der Waals surface area contributed by atoms with Crippen molar-refractivity contribution in [3.05, 3.63) is 119 Å². The number of fused-ring (bicyclic) bond motifs is 1. The first-order valence-electron chi connectivity index (χ1n) is 13.3. The summed E-state index contributed by atoms with van der Waals surface area (Å²) in [5.74, 6) is 0.405. The zero-order valence-electron chi connectivity index (χ0n) is 23.9. The van der Waals surface area contributed by atoms with Crippen LogP contribution < -0.4 is 29.1 Å². The van der Waals surface area contributed by atoms with E-state index in [-0.39, 0.29) is 34.9 Å². The molecule has 5 rings (SSSR count). The second-order valence-electron chi connectivity index (χ2n) is 9.47. The highest BCUT2D eigenvalue weighted by molar-refractivity contribution is 7.07. The number of carbonyl (C=O) groups excluding carboxylic acids is 1. The molecule has 0 N–H and O–H groups in total. The van der Waals surface area contributed by atoms with E-state index < -0.39 is 17.8 Å². The summed E-state index contributed by atoms with van der Waals surface area (Å²) in [6.45, 7) is 3.52. The van der Waals surface area contributed by atoms with Gasteiger partial charge in [-0.25, -0.2) is 14.2 Å². The molecule has 0 spiro atoms. The molecule has 0 aliphatic carbocycles. The summed E-state index contributed by atoms with van der Waals surface area (Å²) in [5, 5.41) is 0.250. The number of esters is 1. The predicted octanol–water partition coefficient (Wildman–Crippen LogP) is 5.19. The largest absolute Gasteiger partial charge is 0.497 e. The van der Waals surface area contributed by atoms with E-state index in [4.69, 9.17) is 30.5 Å². The lowest BCUT2D eigenvalue weighted by atomic mass is 9.96. The monoisotopic (exact) mass is 622 g/mol. The SMILES string of the molecule is CCOC(=O)C1=C(C)N=c2s/c(=C/c3ccc(OC)c(OCc4c(F)cccc4Cl)c3)c(=O)n2[C@H]1c1ccc(OC)cc1. The van der Waals surface area contributed by atoms with Crippen molar-refractivity contribution in [2.24, 2.45) is 4.99 Å². The lowest BCUT2D eigenvalue weighted by Gasteiger charge is -2.24. The minimum atomic E-state index is -0.747. The van der Waals surface area contributed by atoms with Crippen LogP contribution in [-0.4, -0.2) is 31.4 Å². The van der Waals surface area contributed by atoms with Crippen molar-refractivity contribution in [3.63, 3.8) is 0 Å². The molecular weight excluding hydrogens is 595 g/mol. The highest BCUT2D eigenvalue weighted by Crippen LogP contribution is 2.32. The van der Waals surface area contributed by atoms with Crippen molar-refractivity contribution < 1.29 is 28.1 Å². The Morgan fingerprint density at radius 2 is 1.86 bits per heavy atom. The number of methoxy groups -OCH3 is 2. The average molecular weight is 623 g/mol. The Kier molecular flexibility index (Phi) is 8.98. The predicted molar refractivity (Wildman–Crippen MR) is 162 cm³/mol. The molecule has 43 heavy (non-hydrogen) atoms. The number of nitrogens with zero attached hydrogens (tertiary/aromatic N) is 2. The molecule has 0 saturated carbocycles. The molecule has 222 valence electrons. The molecule has 1 aromatic heterocycles. The normalized spacial score (nSPS) is 14.7. The van der Waals surface area contributed by atoms with E-state index >= 15 is 0 Å². The average Bonchev–Trinajstić information content (AvgIpc) is 3.30. The smallest absolute Gasteiger partial charge is 0.338 e. The van der Waals surface area contributed by atoms with Crippen molar-refractivity contribution in [3.8, 4) is 17.2 Å². The van der Waals surface area contributed by atoms with Crippen molar-refractivity contribution in [1.82, 2.24) is 4.57 Å². The van der Waals surface area contributed by atoms with E-state index in [2.05, 4.69) is 4.99 Å². The Morgan fingerprint density at radius 3 is 2.53 bits per heavy atom. The van der Waals surface area contributed by atoms with Crippen LogP contribution in [0.2, 0.25) is 5.02 Å². The first kappa shape index (κ1) is 30.1. The van der Waals surface area contributed by atoms with Crippen LogP contribution in [0, 0.1) is 5.82 Å². The van der Waals surface area contributed by atoms with Crippen LogP contribution in [0.5, 0.6) is 17.2 Å². The van der Waals surface area contributed by atoms with Gasteiger partial charge in [0, 0.05) is 5.56 Å². The molecule has 2 heterocycles. The molecule has 0 radical (unpaired) electrons. The van der Waals surface area contributed by atoms with E-state index in [1.165, 1.54) is 35.1 Å². The number of thiazole rings is 1. The van der Waals surface area contributed by atoms with Gasteiger partial charge in [-0.15, -0.1) is 0 Å². The van der Waals surface area contributed by atoms with Gasteiger partial charge in [0.1, 0.15) is 18.2 Å². The minimum Gasteiger partial charge on any atom is -0.497 e. The second kappa shape index (κ2) is 12.8. The molecule has 1 atom stereocenters. The van der Waals surface area contributed by atoms with Gasteiger partial charge in [0.15, 0.2) is 16.3 Å². The third-order valence-electron chi connectivity index (χ3n) is 6.87. The van der Waals surface area contributed by atoms with Crippen LogP contribution in [-0.2, 0) is 16.1 Å². The Morgan fingerprint density at radius 1 is 1.09 bits per heavy atom. The van der Waals surface area contributed by atoms with E-state index in [1.54, 1.807) is 63.4 Å². The van der Waals surface area contributed by atoms with Crippen LogP contribution >= 0.6 is 22.9 Å². The fourth-order valence-electron chi connectivity index (χ4n) is 4.76. The van der Waals surface area contributed by atoms with Crippen LogP contribution in [0.4, 0.5) is 4.39 Å². The molecule has 8 nitrogen and oxygen atoms in total. The summed E-state index contributed by atoms with van der Waals surface area (Å²) in [6.07, 6.45) is 1.71. The molecule has 0 unspecified atom stereocenters. The Balaban J connectivity index is 1.58. The van der Waals surface area contributed by atoms with E-state index in [9.17, 15) is 14.0 Å². The van der Waals surface area contributed by atoms with Crippen molar-refractivity contribution in [2.75, 3.05) is 20.8 Å². The number of carbonyl (C=O) groups is 1. The van der Waals surface area contributed by atoms with Gasteiger partial charge in [0.2, 0.25) is 0 Å². The highest BCUT2D eigenvalue weighted by Gasteiger charge is 2.33. The lowest BCUT2D eigenvalue weighted by molar-refractivity contribution is -0.139. The number of hydrogen-bond donors (Lipinski definition) is 0. The molecule has 3 aromatic carbocycles. The van der Waals surface area contributed by atoms with Crippen molar-refractivity contribution in [2.45, 2.75) is 26.5 Å². The van der Waals surface area contributed by atoms with Crippen LogP contribution in [0.1, 0.15) is 36.6 Å². The number of benzene rings is 3. The fourth-order valence-corrected chi connectivity index (χ4v) is 6.02. The van der Waals surface area contributed by atoms with Gasteiger partial charge in [-0.1, -0.05) is 47.2 Å². The van der Waals surface area contributed by atoms with Crippen LogP contribution in [0.3, 0.4) is 0 Å². The fraction of sp³-hybridized carbons (Fsp3) is 0.219. The maximum Gasteiger partial charge on any atom is 0.338 e. The van der Waals surface area contributed by atoms with Gasteiger partial charge < -0.3 is 18.9 Å². The van der Waals surface area contributed by atoms with Crippen molar-refractivity contribution >= 4 is 35.0 Å². The van der Waals surface area contributed by atoms with Gasteiger partial charge in [-0.2, -0.15) is 0 Å². The summed E-state index contributed by atoms with van der Waals surface area (Å²) in [5.41, 5.74) is 2.00.